The predicted molar refractivity (Wildman–Crippen MR) is 114 cm³/mol. The first-order valence-corrected chi connectivity index (χ1v) is 9.82. The number of nitrogens with two attached hydrogens (primary N) is 1. The SMILES string of the molecule is CCN1CC2=C(OC(N)=C(C#N)C2c2ccc(O)cc2)/C(=C/c2ccc(O)cc2)C1. The van der Waals surface area contributed by atoms with Crippen LogP contribution < -0.4 is 5.73 Å². The first-order chi connectivity index (χ1) is 14.5. The predicted octanol–water partition coefficient (Wildman–Crippen LogP) is 3.58. The number of nitriles is 1. The Balaban J connectivity index is 1.86. The van der Waals surface area contributed by atoms with Crippen LogP contribution in [0.15, 0.2) is 76.9 Å². The maximum absolute atomic E-state index is 9.80. The van der Waals surface area contributed by atoms with Crippen LogP contribution in [0.2, 0.25) is 0 Å². The Morgan fingerprint density at radius 2 is 1.73 bits per heavy atom. The van der Waals surface area contributed by atoms with Crippen LogP contribution in [0, 0.1) is 11.3 Å². The van der Waals surface area contributed by atoms with Gasteiger partial charge in [-0.2, -0.15) is 5.26 Å². The lowest BCUT2D eigenvalue weighted by molar-refractivity contribution is 0.239. The number of aromatic hydroxyl groups is 2. The normalized spacial score (nSPS) is 20.7. The Bertz CT molecular complexity index is 1090. The molecule has 152 valence electrons. The minimum Gasteiger partial charge on any atom is -0.508 e. The number of rotatable bonds is 3. The van der Waals surface area contributed by atoms with Crippen LogP contribution in [-0.2, 0) is 4.74 Å². The summed E-state index contributed by atoms with van der Waals surface area (Å²) in [6.45, 7) is 4.28. The molecule has 0 bridgehead atoms. The van der Waals surface area contributed by atoms with Crippen LogP contribution >= 0.6 is 0 Å². The number of benzene rings is 2. The minimum absolute atomic E-state index is 0.107. The van der Waals surface area contributed by atoms with Gasteiger partial charge in [0, 0.05) is 18.7 Å². The van der Waals surface area contributed by atoms with Gasteiger partial charge in [-0.05, 0) is 53.6 Å². The quantitative estimate of drug-likeness (QED) is 0.726. The molecule has 2 aromatic rings. The molecule has 0 aromatic heterocycles. The Morgan fingerprint density at radius 3 is 2.33 bits per heavy atom. The first-order valence-electron chi connectivity index (χ1n) is 9.82. The number of phenols is 2. The number of likely N-dealkylation sites (N-methyl/N-ethyl adjacent to an activating group) is 1. The number of nitrogens with zero attached hydrogens (tertiary/aromatic N) is 2. The summed E-state index contributed by atoms with van der Waals surface area (Å²) < 4.78 is 5.99. The van der Waals surface area contributed by atoms with Crippen molar-refractivity contribution < 1.29 is 14.9 Å². The molecule has 1 unspecified atom stereocenters. The average Bonchev–Trinajstić information content (AvgIpc) is 2.75. The van der Waals surface area contributed by atoms with Crippen molar-refractivity contribution >= 4 is 6.08 Å². The van der Waals surface area contributed by atoms with Gasteiger partial charge in [-0.15, -0.1) is 0 Å². The van der Waals surface area contributed by atoms with E-state index in [4.69, 9.17) is 10.5 Å². The van der Waals surface area contributed by atoms with Gasteiger partial charge in [0.15, 0.2) is 0 Å². The molecule has 6 nitrogen and oxygen atoms in total. The smallest absolute Gasteiger partial charge is 0.205 e. The number of allylic oxidation sites excluding steroid dienone is 1. The maximum atomic E-state index is 9.80. The molecule has 4 rings (SSSR count). The van der Waals surface area contributed by atoms with E-state index in [-0.39, 0.29) is 23.3 Å². The minimum atomic E-state index is -0.336. The lowest BCUT2D eigenvalue weighted by Gasteiger charge is -2.38. The zero-order valence-electron chi connectivity index (χ0n) is 16.7. The van der Waals surface area contributed by atoms with Gasteiger partial charge in [-0.1, -0.05) is 31.2 Å². The van der Waals surface area contributed by atoms with Crippen molar-refractivity contribution in [2.24, 2.45) is 5.73 Å². The summed E-state index contributed by atoms with van der Waals surface area (Å²) in [5.41, 5.74) is 10.3. The van der Waals surface area contributed by atoms with Crippen molar-refractivity contribution in [3.05, 3.63) is 88.0 Å². The van der Waals surface area contributed by atoms with Crippen LogP contribution in [0.1, 0.15) is 24.0 Å². The fourth-order valence-electron chi connectivity index (χ4n) is 3.98. The van der Waals surface area contributed by atoms with Gasteiger partial charge in [0.1, 0.15) is 28.9 Å². The summed E-state index contributed by atoms with van der Waals surface area (Å²) in [6, 6.07) is 16.0. The van der Waals surface area contributed by atoms with Crippen LogP contribution in [-0.4, -0.2) is 34.7 Å². The molecule has 30 heavy (non-hydrogen) atoms. The van der Waals surface area contributed by atoms with Gasteiger partial charge in [0.2, 0.25) is 5.88 Å². The van der Waals surface area contributed by atoms with Crippen LogP contribution in [0.3, 0.4) is 0 Å². The van der Waals surface area contributed by atoms with Crippen molar-refractivity contribution in [3.8, 4) is 17.6 Å². The van der Waals surface area contributed by atoms with E-state index in [0.29, 0.717) is 24.4 Å². The van der Waals surface area contributed by atoms with E-state index in [9.17, 15) is 15.5 Å². The van der Waals surface area contributed by atoms with Crippen molar-refractivity contribution in [3.63, 3.8) is 0 Å². The summed E-state index contributed by atoms with van der Waals surface area (Å²) in [7, 11) is 0. The summed E-state index contributed by atoms with van der Waals surface area (Å²) in [5, 5.41) is 29.1. The van der Waals surface area contributed by atoms with E-state index in [1.165, 1.54) is 0 Å². The molecule has 0 saturated carbocycles. The highest BCUT2D eigenvalue weighted by atomic mass is 16.5. The summed E-state index contributed by atoms with van der Waals surface area (Å²) >= 11 is 0. The molecule has 0 fully saturated rings. The molecule has 2 aromatic carbocycles. The topological polar surface area (TPSA) is 103 Å². The zero-order valence-corrected chi connectivity index (χ0v) is 16.7. The molecule has 2 aliphatic rings. The largest absolute Gasteiger partial charge is 0.508 e. The molecule has 1 atom stereocenters. The lowest BCUT2D eigenvalue weighted by atomic mass is 9.80. The molecule has 0 spiro atoms. The van der Waals surface area contributed by atoms with E-state index in [1.54, 1.807) is 24.3 Å². The third-order valence-electron chi connectivity index (χ3n) is 5.51. The fraction of sp³-hybridized carbons (Fsp3) is 0.208. The molecule has 0 amide bonds. The first kappa shape index (κ1) is 19.6. The molecule has 0 saturated heterocycles. The molecule has 0 aliphatic carbocycles. The molecule has 0 radical (unpaired) electrons. The lowest BCUT2D eigenvalue weighted by Crippen LogP contribution is -2.38. The van der Waals surface area contributed by atoms with E-state index < -0.39 is 0 Å². The molecular formula is C24H23N3O3. The van der Waals surface area contributed by atoms with Crippen molar-refractivity contribution in [2.45, 2.75) is 12.8 Å². The standard InChI is InChI=1S/C24H23N3O3/c1-2-27-13-17(11-15-3-7-18(28)8-4-15)23-21(14-27)22(20(12-25)24(26)30-23)16-5-9-19(29)10-6-16/h3-11,22,28-29H,2,13-14,26H2,1H3/b17-11+. The summed E-state index contributed by atoms with van der Waals surface area (Å²) in [5.74, 6) is 0.848. The highest BCUT2D eigenvalue weighted by Crippen LogP contribution is 2.44. The van der Waals surface area contributed by atoms with Crippen LogP contribution in [0.5, 0.6) is 11.5 Å². The second kappa shape index (κ2) is 7.97. The molecular weight excluding hydrogens is 378 g/mol. The summed E-state index contributed by atoms with van der Waals surface area (Å²) in [4.78, 5) is 2.28. The van der Waals surface area contributed by atoms with Crippen LogP contribution in [0.25, 0.3) is 6.08 Å². The molecule has 4 N–H and O–H groups in total. The third-order valence-corrected chi connectivity index (χ3v) is 5.51. The van der Waals surface area contributed by atoms with Gasteiger partial charge >= 0.3 is 0 Å². The molecule has 2 heterocycles. The molecule has 2 aliphatic heterocycles. The van der Waals surface area contributed by atoms with E-state index in [1.807, 2.05) is 30.3 Å². The van der Waals surface area contributed by atoms with Gasteiger partial charge < -0.3 is 20.7 Å². The highest BCUT2D eigenvalue weighted by molar-refractivity contribution is 5.63. The van der Waals surface area contributed by atoms with E-state index >= 15 is 0 Å². The number of hydrogen-bond donors (Lipinski definition) is 3. The van der Waals surface area contributed by atoms with Crippen molar-refractivity contribution in [1.29, 1.82) is 5.26 Å². The molecule has 6 heteroatoms. The Morgan fingerprint density at radius 1 is 1.10 bits per heavy atom. The van der Waals surface area contributed by atoms with E-state index in [0.717, 1.165) is 28.8 Å². The van der Waals surface area contributed by atoms with Crippen LogP contribution in [0.4, 0.5) is 0 Å². The second-order valence-electron chi connectivity index (χ2n) is 7.44. The fourth-order valence-corrected chi connectivity index (χ4v) is 3.98. The second-order valence-corrected chi connectivity index (χ2v) is 7.44. The third kappa shape index (κ3) is 3.63. The van der Waals surface area contributed by atoms with Gasteiger partial charge in [0.05, 0.1) is 5.92 Å². The Kier molecular flexibility index (Phi) is 5.21. The number of ether oxygens (including phenoxy) is 1. The number of phenolic OH excluding ortho intramolecular Hbond substituents is 2. The highest BCUT2D eigenvalue weighted by Gasteiger charge is 2.37. The maximum Gasteiger partial charge on any atom is 0.205 e. The Hall–Kier alpha value is -3.69. The van der Waals surface area contributed by atoms with Gasteiger partial charge in [0.25, 0.3) is 0 Å². The van der Waals surface area contributed by atoms with Crippen molar-refractivity contribution in [2.75, 3.05) is 19.6 Å². The average molecular weight is 401 g/mol. The van der Waals surface area contributed by atoms with Gasteiger partial charge in [-0.25, -0.2) is 0 Å². The Labute approximate surface area is 175 Å². The van der Waals surface area contributed by atoms with E-state index in [2.05, 4.69) is 17.9 Å². The van der Waals surface area contributed by atoms with Crippen molar-refractivity contribution in [1.82, 2.24) is 4.90 Å². The number of hydrogen-bond acceptors (Lipinski definition) is 6. The van der Waals surface area contributed by atoms with Gasteiger partial charge in [-0.3, -0.25) is 4.90 Å². The summed E-state index contributed by atoms with van der Waals surface area (Å²) in [6.07, 6.45) is 2.02. The monoisotopic (exact) mass is 401 g/mol. The zero-order chi connectivity index (χ0) is 21.3.